The maximum absolute atomic E-state index is 12.3. The van der Waals surface area contributed by atoms with Crippen molar-refractivity contribution < 1.29 is 4.79 Å². The van der Waals surface area contributed by atoms with E-state index in [1.807, 2.05) is 31.7 Å². The first kappa shape index (κ1) is 15.0. The third kappa shape index (κ3) is 3.70. The molecule has 0 N–H and O–H groups in total. The van der Waals surface area contributed by atoms with Crippen LogP contribution in [-0.2, 0) is 0 Å². The first-order valence-electron chi connectivity index (χ1n) is 6.46. The minimum absolute atomic E-state index is 0.0329. The summed E-state index contributed by atoms with van der Waals surface area (Å²) in [5, 5.41) is 0.386. The third-order valence-electron chi connectivity index (χ3n) is 2.81. The van der Waals surface area contributed by atoms with Crippen LogP contribution >= 0.6 is 11.6 Å². The molecule has 0 unspecified atom stereocenters. The molecule has 0 fully saturated rings. The quantitative estimate of drug-likeness (QED) is 0.763. The standard InChI is InChI=1S/C14H21ClN2O/c1-5-7-17(6-2)14(18)11-8-12(10(3)4)16-13(15)9-11/h8-10H,5-7H2,1-4H3. The van der Waals surface area contributed by atoms with Crippen molar-refractivity contribution in [1.82, 2.24) is 9.88 Å². The fourth-order valence-electron chi connectivity index (χ4n) is 1.79. The minimum atomic E-state index is 0.0329. The van der Waals surface area contributed by atoms with Crippen LogP contribution in [0.2, 0.25) is 5.15 Å². The van der Waals surface area contributed by atoms with Gasteiger partial charge in [-0.3, -0.25) is 4.79 Å². The topological polar surface area (TPSA) is 33.2 Å². The summed E-state index contributed by atoms with van der Waals surface area (Å²) >= 11 is 5.98. The zero-order valence-corrected chi connectivity index (χ0v) is 12.3. The summed E-state index contributed by atoms with van der Waals surface area (Å²) in [5.41, 5.74) is 1.49. The lowest BCUT2D eigenvalue weighted by molar-refractivity contribution is 0.0764. The summed E-state index contributed by atoms with van der Waals surface area (Å²) in [6.07, 6.45) is 0.954. The van der Waals surface area contributed by atoms with Crippen LogP contribution in [0.3, 0.4) is 0 Å². The van der Waals surface area contributed by atoms with E-state index in [1.54, 1.807) is 6.07 Å². The van der Waals surface area contributed by atoms with E-state index in [1.165, 1.54) is 0 Å². The predicted molar refractivity (Wildman–Crippen MR) is 75.2 cm³/mol. The Bertz CT molecular complexity index is 418. The summed E-state index contributed by atoms with van der Waals surface area (Å²) < 4.78 is 0. The predicted octanol–water partition coefficient (Wildman–Crippen LogP) is 3.73. The number of rotatable bonds is 5. The summed E-state index contributed by atoms with van der Waals surface area (Å²) in [7, 11) is 0. The van der Waals surface area contributed by atoms with Crippen molar-refractivity contribution in [1.29, 1.82) is 0 Å². The highest BCUT2D eigenvalue weighted by Gasteiger charge is 2.16. The van der Waals surface area contributed by atoms with Crippen LogP contribution in [0.25, 0.3) is 0 Å². The van der Waals surface area contributed by atoms with Gasteiger partial charge in [0.15, 0.2) is 0 Å². The van der Waals surface area contributed by atoms with Crippen LogP contribution in [0.1, 0.15) is 56.1 Å². The maximum Gasteiger partial charge on any atom is 0.254 e. The average Bonchev–Trinajstić information content (AvgIpc) is 2.34. The lowest BCUT2D eigenvalue weighted by Gasteiger charge is -2.20. The van der Waals surface area contributed by atoms with Crippen LogP contribution in [0.5, 0.6) is 0 Å². The molecular formula is C14H21ClN2O. The molecule has 0 bridgehead atoms. The fourth-order valence-corrected chi connectivity index (χ4v) is 2.01. The first-order chi connectivity index (χ1) is 8.49. The van der Waals surface area contributed by atoms with Gasteiger partial charge in [0.2, 0.25) is 0 Å². The van der Waals surface area contributed by atoms with Gasteiger partial charge in [0.05, 0.1) is 0 Å². The highest BCUT2D eigenvalue weighted by molar-refractivity contribution is 6.29. The number of aromatic nitrogens is 1. The van der Waals surface area contributed by atoms with Gasteiger partial charge in [-0.05, 0) is 31.4 Å². The number of carbonyl (C=O) groups is 1. The average molecular weight is 269 g/mol. The number of carbonyl (C=O) groups excluding carboxylic acids is 1. The summed E-state index contributed by atoms with van der Waals surface area (Å²) in [4.78, 5) is 18.4. The highest BCUT2D eigenvalue weighted by atomic mass is 35.5. The Labute approximate surface area is 114 Å². The van der Waals surface area contributed by atoms with E-state index < -0.39 is 0 Å². The van der Waals surface area contributed by atoms with E-state index in [4.69, 9.17) is 11.6 Å². The van der Waals surface area contributed by atoms with E-state index in [2.05, 4.69) is 11.9 Å². The first-order valence-corrected chi connectivity index (χ1v) is 6.84. The molecule has 0 aliphatic carbocycles. The summed E-state index contributed by atoms with van der Waals surface area (Å²) in [6, 6.07) is 3.49. The Hall–Kier alpha value is -1.09. The van der Waals surface area contributed by atoms with Gasteiger partial charge in [0.1, 0.15) is 5.15 Å². The molecular weight excluding hydrogens is 248 g/mol. The van der Waals surface area contributed by atoms with E-state index in [0.29, 0.717) is 17.3 Å². The van der Waals surface area contributed by atoms with Gasteiger partial charge in [0, 0.05) is 24.3 Å². The van der Waals surface area contributed by atoms with Gasteiger partial charge >= 0.3 is 0 Å². The van der Waals surface area contributed by atoms with Crippen molar-refractivity contribution in [2.75, 3.05) is 13.1 Å². The normalized spacial score (nSPS) is 10.8. The van der Waals surface area contributed by atoms with Gasteiger partial charge in [0.25, 0.3) is 5.91 Å². The molecule has 0 saturated heterocycles. The van der Waals surface area contributed by atoms with Crippen molar-refractivity contribution in [3.8, 4) is 0 Å². The molecule has 3 nitrogen and oxygen atoms in total. The maximum atomic E-state index is 12.3. The molecule has 1 aromatic rings. The molecule has 1 rings (SSSR count). The Morgan fingerprint density at radius 3 is 2.56 bits per heavy atom. The van der Waals surface area contributed by atoms with Gasteiger partial charge in [-0.2, -0.15) is 0 Å². The molecule has 0 spiro atoms. The van der Waals surface area contributed by atoms with Crippen molar-refractivity contribution in [2.45, 2.75) is 40.0 Å². The van der Waals surface area contributed by atoms with Crippen LogP contribution in [0, 0.1) is 0 Å². The molecule has 1 amide bonds. The van der Waals surface area contributed by atoms with Crippen molar-refractivity contribution in [3.63, 3.8) is 0 Å². The van der Waals surface area contributed by atoms with E-state index >= 15 is 0 Å². The second kappa shape index (κ2) is 6.74. The second-order valence-corrected chi connectivity index (χ2v) is 5.03. The van der Waals surface area contributed by atoms with Gasteiger partial charge in [-0.1, -0.05) is 32.4 Å². The lowest BCUT2D eigenvalue weighted by Crippen LogP contribution is -2.31. The molecule has 0 aliphatic heterocycles. The molecule has 1 aromatic heterocycles. The number of nitrogens with zero attached hydrogens (tertiary/aromatic N) is 2. The largest absolute Gasteiger partial charge is 0.339 e. The van der Waals surface area contributed by atoms with Crippen LogP contribution < -0.4 is 0 Å². The number of hydrogen-bond donors (Lipinski definition) is 0. The molecule has 0 aromatic carbocycles. The molecule has 0 radical (unpaired) electrons. The number of amides is 1. The monoisotopic (exact) mass is 268 g/mol. The number of pyridine rings is 1. The molecule has 18 heavy (non-hydrogen) atoms. The molecule has 1 heterocycles. The Balaban J connectivity index is 3.04. The molecule has 0 aliphatic rings. The number of halogens is 1. The Morgan fingerprint density at radius 1 is 1.39 bits per heavy atom. The van der Waals surface area contributed by atoms with Gasteiger partial charge in [-0.15, -0.1) is 0 Å². The van der Waals surface area contributed by atoms with Crippen molar-refractivity contribution >= 4 is 17.5 Å². The summed E-state index contributed by atoms with van der Waals surface area (Å²) in [6.45, 7) is 9.61. The highest BCUT2D eigenvalue weighted by Crippen LogP contribution is 2.19. The molecule has 100 valence electrons. The zero-order valence-electron chi connectivity index (χ0n) is 11.5. The van der Waals surface area contributed by atoms with Gasteiger partial charge in [-0.25, -0.2) is 4.98 Å². The molecule has 0 saturated carbocycles. The van der Waals surface area contributed by atoms with E-state index in [0.717, 1.165) is 18.7 Å². The minimum Gasteiger partial charge on any atom is -0.339 e. The SMILES string of the molecule is CCCN(CC)C(=O)c1cc(Cl)nc(C(C)C)c1. The van der Waals surface area contributed by atoms with E-state index in [9.17, 15) is 4.79 Å². The molecule has 4 heteroatoms. The van der Waals surface area contributed by atoms with Gasteiger partial charge < -0.3 is 4.90 Å². The molecule has 0 atom stereocenters. The smallest absolute Gasteiger partial charge is 0.254 e. The van der Waals surface area contributed by atoms with Crippen molar-refractivity contribution in [2.24, 2.45) is 0 Å². The van der Waals surface area contributed by atoms with Crippen LogP contribution in [-0.4, -0.2) is 28.9 Å². The second-order valence-electron chi connectivity index (χ2n) is 4.64. The number of hydrogen-bond acceptors (Lipinski definition) is 2. The Morgan fingerprint density at radius 2 is 2.06 bits per heavy atom. The van der Waals surface area contributed by atoms with E-state index in [-0.39, 0.29) is 11.8 Å². The van der Waals surface area contributed by atoms with Crippen molar-refractivity contribution in [3.05, 3.63) is 28.5 Å². The summed E-state index contributed by atoms with van der Waals surface area (Å²) in [5.74, 6) is 0.294. The lowest BCUT2D eigenvalue weighted by atomic mass is 10.1. The third-order valence-corrected chi connectivity index (χ3v) is 3.01. The fraction of sp³-hybridized carbons (Fsp3) is 0.571. The zero-order chi connectivity index (χ0) is 13.7. The van der Waals surface area contributed by atoms with Crippen LogP contribution in [0.4, 0.5) is 0 Å². The van der Waals surface area contributed by atoms with Crippen LogP contribution in [0.15, 0.2) is 12.1 Å². The Kier molecular flexibility index (Phi) is 5.60.